The number of aryl methyl sites for hydroxylation is 1. The first-order chi connectivity index (χ1) is 10.4. The standard InChI is InChI=1S/C12H15ClN6O3/c1-8-11(13)7-18(16-8)9(2)12(20)14-3-4-17-6-10(5-15-17)19(21)22/h5-7,9H,3-4H2,1-2H3,(H,14,20)/t9-/m0/s1. The van der Waals surface area contributed by atoms with Gasteiger partial charge in [-0.15, -0.1) is 0 Å². The molecule has 1 amide bonds. The van der Waals surface area contributed by atoms with Crippen molar-refractivity contribution in [2.24, 2.45) is 0 Å². The van der Waals surface area contributed by atoms with E-state index in [9.17, 15) is 14.9 Å². The van der Waals surface area contributed by atoms with Crippen molar-refractivity contribution in [2.45, 2.75) is 26.4 Å². The second-order valence-corrected chi connectivity index (χ2v) is 5.14. The lowest BCUT2D eigenvalue weighted by Crippen LogP contribution is -2.33. The highest BCUT2D eigenvalue weighted by Gasteiger charge is 2.17. The van der Waals surface area contributed by atoms with Crippen LogP contribution in [0.1, 0.15) is 18.7 Å². The number of carbonyl (C=O) groups excluding carboxylic acids is 1. The molecule has 2 heterocycles. The fourth-order valence-corrected chi connectivity index (χ4v) is 1.93. The van der Waals surface area contributed by atoms with E-state index in [1.54, 1.807) is 20.0 Å². The van der Waals surface area contributed by atoms with Gasteiger partial charge in [-0.2, -0.15) is 10.2 Å². The molecule has 0 bridgehead atoms. The van der Waals surface area contributed by atoms with Crippen LogP contribution in [0.15, 0.2) is 18.6 Å². The minimum absolute atomic E-state index is 0.0821. The molecule has 9 nitrogen and oxygen atoms in total. The summed E-state index contributed by atoms with van der Waals surface area (Å²) in [7, 11) is 0. The van der Waals surface area contributed by atoms with Gasteiger partial charge in [0.25, 0.3) is 0 Å². The van der Waals surface area contributed by atoms with E-state index >= 15 is 0 Å². The Morgan fingerprint density at radius 1 is 1.55 bits per heavy atom. The lowest BCUT2D eigenvalue weighted by atomic mass is 10.3. The number of rotatable bonds is 6. The maximum Gasteiger partial charge on any atom is 0.306 e. The average molecular weight is 327 g/mol. The average Bonchev–Trinajstić information content (AvgIpc) is 3.06. The van der Waals surface area contributed by atoms with Gasteiger partial charge in [0.2, 0.25) is 5.91 Å². The van der Waals surface area contributed by atoms with Gasteiger partial charge in [0.05, 0.1) is 22.2 Å². The van der Waals surface area contributed by atoms with E-state index in [0.29, 0.717) is 23.8 Å². The number of carbonyl (C=O) groups is 1. The number of amides is 1. The molecule has 22 heavy (non-hydrogen) atoms. The van der Waals surface area contributed by atoms with Gasteiger partial charge in [-0.3, -0.25) is 24.3 Å². The Labute approximate surface area is 131 Å². The lowest BCUT2D eigenvalue weighted by Gasteiger charge is -2.12. The smallest absolute Gasteiger partial charge is 0.306 e. The number of hydrogen-bond acceptors (Lipinski definition) is 5. The normalized spacial score (nSPS) is 12.1. The van der Waals surface area contributed by atoms with Gasteiger partial charge < -0.3 is 5.32 Å². The van der Waals surface area contributed by atoms with E-state index in [1.807, 2.05) is 0 Å². The Balaban J connectivity index is 1.85. The van der Waals surface area contributed by atoms with Crippen molar-refractivity contribution in [3.63, 3.8) is 0 Å². The van der Waals surface area contributed by atoms with Crippen LogP contribution in [0, 0.1) is 17.0 Å². The van der Waals surface area contributed by atoms with Crippen molar-refractivity contribution in [1.29, 1.82) is 0 Å². The molecule has 1 N–H and O–H groups in total. The molecule has 2 rings (SSSR count). The Kier molecular flexibility index (Phi) is 4.76. The van der Waals surface area contributed by atoms with Gasteiger partial charge in [-0.05, 0) is 13.8 Å². The minimum Gasteiger partial charge on any atom is -0.352 e. The van der Waals surface area contributed by atoms with Crippen LogP contribution < -0.4 is 5.32 Å². The van der Waals surface area contributed by atoms with E-state index in [0.717, 1.165) is 0 Å². The zero-order chi connectivity index (χ0) is 16.3. The van der Waals surface area contributed by atoms with Gasteiger partial charge in [0.15, 0.2) is 0 Å². The summed E-state index contributed by atoms with van der Waals surface area (Å²) in [4.78, 5) is 22.0. The van der Waals surface area contributed by atoms with Crippen LogP contribution in [0.2, 0.25) is 5.02 Å². The summed E-state index contributed by atoms with van der Waals surface area (Å²) in [5, 5.41) is 21.8. The highest BCUT2D eigenvalue weighted by molar-refractivity contribution is 6.31. The second-order valence-electron chi connectivity index (χ2n) is 4.73. The number of nitrogens with one attached hydrogen (secondary N) is 1. The third-order valence-electron chi connectivity index (χ3n) is 3.10. The zero-order valence-electron chi connectivity index (χ0n) is 12.1. The van der Waals surface area contributed by atoms with Crippen molar-refractivity contribution in [2.75, 3.05) is 6.54 Å². The fourth-order valence-electron chi connectivity index (χ4n) is 1.79. The molecule has 0 saturated heterocycles. The first-order valence-corrected chi connectivity index (χ1v) is 6.92. The van der Waals surface area contributed by atoms with Crippen LogP contribution >= 0.6 is 11.6 Å². The third kappa shape index (κ3) is 3.61. The summed E-state index contributed by atoms with van der Waals surface area (Å²) in [5.74, 6) is -0.221. The lowest BCUT2D eigenvalue weighted by molar-refractivity contribution is -0.385. The monoisotopic (exact) mass is 326 g/mol. The van der Waals surface area contributed by atoms with Crippen LogP contribution in [-0.2, 0) is 11.3 Å². The number of nitro groups is 1. The van der Waals surface area contributed by atoms with E-state index in [4.69, 9.17) is 11.6 Å². The Morgan fingerprint density at radius 2 is 2.27 bits per heavy atom. The van der Waals surface area contributed by atoms with Crippen LogP contribution in [0.5, 0.6) is 0 Å². The van der Waals surface area contributed by atoms with Crippen molar-refractivity contribution in [3.8, 4) is 0 Å². The first kappa shape index (κ1) is 16.0. The Bertz CT molecular complexity index is 675. The summed E-state index contributed by atoms with van der Waals surface area (Å²) in [5.41, 5.74) is 0.575. The van der Waals surface area contributed by atoms with E-state index in [1.165, 1.54) is 21.8 Å². The van der Waals surface area contributed by atoms with Crippen molar-refractivity contribution >= 4 is 23.2 Å². The predicted octanol–water partition coefficient (Wildman–Crippen LogP) is 1.33. The third-order valence-corrected chi connectivity index (χ3v) is 3.47. The van der Waals surface area contributed by atoms with Crippen LogP contribution in [-0.4, -0.2) is 36.9 Å². The van der Waals surface area contributed by atoms with Crippen LogP contribution in [0.3, 0.4) is 0 Å². The van der Waals surface area contributed by atoms with E-state index in [-0.39, 0.29) is 11.6 Å². The summed E-state index contributed by atoms with van der Waals surface area (Å²) in [6.07, 6.45) is 4.07. The number of nitrogens with zero attached hydrogens (tertiary/aromatic N) is 5. The molecular weight excluding hydrogens is 312 g/mol. The quantitative estimate of drug-likeness (QED) is 0.636. The molecule has 0 fully saturated rings. The molecule has 2 aromatic rings. The Hall–Kier alpha value is -2.42. The summed E-state index contributed by atoms with van der Waals surface area (Å²) >= 11 is 5.91. The van der Waals surface area contributed by atoms with Crippen molar-refractivity contribution < 1.29 is 9.72 Å². The molecule has 0 aliphatic heterocycles. The molecule has 10 heteroatoms. The molecule has 0 radical (unpaired) electrons. The summed E-state index contributed by atoms with van der Waals surface area (Å²) in [6.45, 7) is 4.10. The van der Waals surface area contributed by atoms with Gasteiger partial charge in [0.1, 0.15) is 18.4 Å². The molecule has 1 atom stereocenters. The highest BCUT2D eigenvalue weighted by atomic mass is 35.5. The molecule has 0 aliphatic carbocycles. The minimum atomic E-state index is -0.520. The number of aromatic nitrogens is 4. The summed E-state index contributed by atoms with van der Waals surface area (Å²) < 4.78 is 2.89. The molecule has 0 aromatic carbocycles. The number of hydrogen-bond donors (Lipinski definition) is 1. The highest BCUT2D eigenvalue weighted by Crippen LogP contribution is 2.15. The van der Waals surface area contributed by atoms with Gasteiger partial charge in [-0.25, -0.2) is 0 Å². The molecule has 0 unspecified atom stereocenters. The van der Waals surface area contributed by atoms with Gasteiger partial charge in [0, 0.05) is 12.7 Å². The number of halogens is 1. The van der Waals surface area contributed by atoms with E-state index < -0.39 is 11.0 Å². The SMILES string of the molecule is Cc1nn([C@@H](C)C(=O)NCCn2cc([N+](=O)[O-])cn2)cc1Cl. The van der Waals surface area contributed by atoms with Crippen molar-refractivity contribution in [1.82, 2.24) is 24.9 Å². The predicted molar refractivity (Wildman–Crippen MR) is 78.6 cm³/mol. The largest absolute Gasteiger partial charge is 0.352 e. The topological polar surface area (TPSA) is 108 Å². The maximum absolute atomic E-state index is 12.0. The van der Waals surface area contributed by atoms with Gasteiger partial charge in [-0.1, -0.05) is 11.6 Å². The molecular formula is C12H15ClN6O3. The maximum atomic E-state index is 12.0. The first-order valence-electron chi connectivity index (χ1n) is 6.54. The summed E-state index contributed by atoms with van der Waals surface area (Å²) in [6, 6.07) is -0.502. The molecule has 0 spiro atoms. The van der Waals surface area contributed by atoms with Crippen molar-refractivity contribution in [3.05, 3.63) is 39.4 Å². The van der Waals surface area contributed by atoms with E-state index in [2.05, 4.69) is 15.5 Å². The zero-order valence-corrected chi connectivity index (χ0v) is 12.8. The molecule has 0 aliphatic rings. The molecule has 0 saturated carbocycles. The van der Waals surface area contributed by atoms with Crippen LogP contribution in [0.25, 0.3) is 0 Å². The second kappa shape index (κ2) is 6.56. The Morgan fingerprint density at radius 3 is 2.82 bits per heavy atom. The molecule has 118 valence electrons. The van der Waals surface area contributed by atoms with Gasteiger partial charge >= 0.3 is 5.69 Å². The molecule has 2 aromatic heterocycles. The fraction of sp³-hybridized carbons (Fsp3) is 0.417. The van der Waals surface area contributed by atoms with Crippen LogP contribution in [0.4, 0.5) is 5.69 Å².